The predicted octanol–water partition coefficient (Wildman–Crippen LogP) is 2.38. The van der Waals surface area contributed by atoms with Crippen molar-refractivity contribution in [1.82, 2.24) is 10.2 Å². The van der Waals surface area contributed by atoms with E-state index in [1.807, 2.05) is 36.4 Å². The highest BCUT2D eigenvalue weighted by molar-refractivity contribution is 5.88. The maximum Gasteiger partial charge on any atom is 0.407 e. The zero-order valence-corrected chi connectivity index (χ0v) is 18.0. The fourth-order valence-electron chi connectivity index (χ4n) is 4.49. The molecule has 8 heteroatoms. The van der Waals surface area contributed by atoms with E-state index in [0.717, 1.165) is 22.3 Å². The van der Waals surface area contributed by atoms with Gasteiger partial charge in [0.2, 0.25) is 5.91 Å². The summed E-state index contributed by atoms with van der Waals surface area (Å²) in [5, 5.41) is 21.5. The summed E-state index contributed by atoms with van der Waals surface area (Å²) in [6.45, 7) is 0.425. The molecule has 2 aromatic rings. The van der Waals surface area contributed by atoms with Gasteiger partial charge in [-0.3, -0.25) is 9.59 Å². The van der Waals surface area contributed by atoms with Crippen LogP contribution in [-0.4, -0.2) is 65.4 Å². The lowest BCUT2D eigenvalue weighted by molar-refractivity contribution is -0.147. The van der Waals surface area contributed by atoms with Crippen molar-refractivity contribution in [3.05, 3.63) is 71.8 Å². The molecule has 2 aliphatic rings. The second-order valence-electron chi connectivity index (χ2n) is 8.28. The number of rotatable bonds is 6. The third kappa shape index (κ3) is 5.06. The Morgan fingerprint density at radius 2 is 1.67 bits per heavy atom. The molecule has 1 fully saturated rings. The molecule has 0 bridgehead atoms. The summed E-state index contributed by atoms with van der Waals surface area (Å²) in [7, 11) is 0. The minimum Gasteiger partial charge on any atom is -0.481 e. The van der Waals surface area contributed by atoms with Gasteiger partial charge in [0, 0.05) is 31.6 Å². The molecule has 1 saturated heterocycles. The fourth-order valence-corrected chi connectivity index (χ4v) is 4.49. The van der Waals surface area contributed by atoms with Crippen LogP contribution in [0, 0.1) is 5.92 Å². The highest BCUT2D eigenvalue weighted by Gasteiger charge is 2.32. The van der Waals surface area contributed by atoms with E-state index in [1.54, 1.807) is 0 Å². The first kappa shape index (κ1) is 22.5. The lowest BCUT2D eigenvalue weighted by atomic mass is 9.96. The van der Waals surface area contributed by atoms with Gasteiger partial charge in [0.25, 0.3) is 0 Å². The normalized spacial score (nSPS) is 19.7. The number of nitrogens with zero attached hydrogens (tertiary/aromatic N) is 1. The van der Waals surface area contributed by atoms with Crippen LogP contribution in [0.2, 0.25) is 0 Å². The number of ether oxygens (including phenoxy) is 1. The monoisotopic (exact) mass is 450 g/mol. The molecule has 8 nitrogen and oxygen atoms in total. The summed E-state index contributed by atoms with van der Waals surface area (Å²) >= 11 is 0. The maximum absolute atomic E-state index is 12.3. The Hall–Kier alpha value is -3.65. The first-order valence-electron chi connectivity index (χ1n) is 10.9. The molecule has 1 aliphatic heterocycles. The van der Waals surface area contributed by atoms with Gasteiger partial charge in [0.05, 0.1) is 12.0 Å². The van der Waals surface area contributed by atoms with Crippen LogP contribution in [0.3, 0.4) is 0 Å². The number of benzene rings is 2. The molecule has 2 aromatic carbocycles. The summed E-state index contributed by atoms with van der Waals surface area (Å²) in [6, 6.07) is 16.1. The smallest absolute Gasteiger partial charge is 0.407 e. The highest BCUT2D eigenvalue weighted by atomic mass is 16.5. The molecular formula is C25H26N2O6. The molecule has 2 unspecified atom stereocenters. The highest BCUT2D eigenvalue weighted by Crippen LogP contribution is 2.44. The van der Waals surface area contributed by atoms with Gasteiger partial charge in [0.1, 0.15) is 6.61 Å². The van der Waals surface area contributed by atoms with E-state index in [4.69, 9.17) is 9.84 Å². The average molecular weight is 450 g/mol. The Labute approximate surface area is 191 Å². The van der Waals surface area contributed by atoms with Gasteiger partial charge in [-0.2, -0.15) is 0 Å². The van der Waals surface area contributed by atoms with Crippen LogP contribution in [-0.2, 0) is 14.3 Å². The molecule has 1 aliphatic carbocycles. The van der Waals surface area contributed by atoms with Crippen LogP contribution in [0.15, 0.2) is 60.7 Å². The SMILES string of the molecule is O=C(NC/C=C/C(=O)N1CC(O)CC(C(=O)O)C1)OCC1c2ccccc2-c2ccccc21. The third-order valence-corrected chi connectivity index (χ3v) is 6.06. The second-order valence-corrected chi connectivity index (χ2v) is 8.28. The molecule has 0 aromatic heterocycles. The van der Waals surface area contributed by atoms with Crippen molar-refractivity contribution < 1.29 is 29.3 Å². The first-order valence-corrected chi connectivity index (χ1v) is 10.9. The average Bonchev–Trinajstić information content (AvgIpc) is 3.13. The number of carbonyl (C=O) groups excluding carboxylic acids is 2. The number of piperidine rings is 1. The standard InChI is InChI=1S/C25H26N2O6/c28-17-12-16(24(30)31)13-27(14-17)23(29)10-5-11-26-25(32)33-15-22-20-8-3-1-6-18(20)19-7-2-4-9-21(19)22/h1-10,16-17,22,28H,11-15H2,(H,26,32)(H,30,31)/b10-5+. The quantitative estimate of drug-likeness (QED) is 0.582. The number of nitrogens with one attached hydrogen (secondary N) is 1. The topological polar surface area (TPSA) is 116 Å². The maximum atomic E-state index is 12.3. The zero-order valence-electron chi connectivity index (χ0n) is 18.0. The minimum absolute atomic E-state index is 0.0343. The van der Waals surface area contributed by atoms with Crippen molar-refractivity contribution in [3.8, 4) is 11.1 Å². The number of likely N-dealkylation sites (tertiary alicyclic amines) is 1. The van der Waals surface area contributed by atoms with Crippen LogP contribution >= 0.6 is 0 Å². The van der Waals surface area contributed by atoms with E-state index in [9.17, 15) is 19.5 Å². The van der Waals surface area contributed by atoms with Crippen LogP contribution in [0.5, 0.6) is 0 Å². The summed E-state index contributed by atoms with van der Waals surface area (Å²) in [5.41, 5.74) is 4.55. The Morgan fingerprint density at radius 3 is 2.30 bits per heavy atom. The molecule has 0 spiro atoms. The van der Waals surface area contributed by atoms with Gasteiger partial charge >= 0.3 is 12.1 Å². The number of carboxylic acid groups (broad SMARTS) is 1. The summed E-state index contributed by atoms with van der Waals surface area (Å²) in [4.78, 5) is 36.9. The van der Waals surface area contributed by atoms with Crippen LogP contribution in [0.25, 0.3) is 11.1 Å². The predicted molar refractivity (Wildman–Crippen MR) is 121 cm³/mol. The number of fused-ring (bicyclic) bond motifs is 3. The molecule has 0 radical (unpaired) electrons. The van der Waals surface area contributed by atoms with Crippen molar-refractivity contribution >= 4 is 18.0 Å². The minimum atomic E-state index is -1.03. The van der Waals surface area contributed by atoms with Gasteiger partial charge in [0.15, 0.2) is 0 Å². The molecule has 0 saturated carbocycles. The van der Waals surface area contributed by atoms with E-state index in [-0.39, 0.29) is 38.6 Å². The molecule has 2 amide bonds. The number of aliphatic hydroxyl groups is 1. The Bertz CT molecular complexity index is 1040. The lowest BCUT2D eigenvalue weighted by Gasteiger charge is -2.33. The first-order chi connectivity index (χ1) is 15.9. The Balaban J connectivity index is 1.26. The zero-order chi connectivity index (χ0) is 23.4. The molecule has 3 N–H and O–H groups in total. The van der Waals surface area contributed by atoms with E-state index in [2.05, 4.69) is 17.4 Å². The number of β-amino-alcohol motifs (C(OH)–C–C–N with tert-alkyl or cyclic N) is 1. The molecule has 172 valence electrons. The summed E-state index contributed by atoms with van der Waals surface area (Å²) in [6.07, 6.45) is 1.41. The van der Waals surface area contributed by atoms with E-state index >= 15 is 0 Å². The molecule has 4 rings (SSSR count). The van der Waals surface area contributed by atoms with Crippen molar-refractivity contribution in [3.63, 3.8) is 0 Å². The second kappa shape index (κ2) is 9.87. The van der Waals surface area contributed by atoms with Crippen molar-refractivity contribution in [2.45, 2.75) is 18.4 Å². The van der Waals surface area contributed by atoms with Gasteiger partial charge < -0.3 is 25.2 Å². The van der Waals surface area contributed by atoms with Gasteiger partial charge in [-0.25, -0.2) is 4.79 Å². The number of carboxylic acids is 1. The number of hydrogen-bond donors (Lipinski definition) is 3. The number of carbonyl (C=O) groups is 3. The Morgan fingerprint density at radius 1 is 1.03 bits per heavy atom. The van der Waals surface area contributed by atoms with Crippen molar-refractivity contribution in [2.24, 2.45) is 5.92 Å². The summed E-state index contributed by atoms with van der Waals surface area (Å²) < 4.78 is 5.44. The van der Waals surface area contributed by atoms with E-state index in [1.165, 1.54) is 17.1 Å². The molecule has 33 heavy (non-hydrogen) atoms. The number of aliphatic hydroxyl groups excluding tert-OH is 1. The van der Waals surface area contributed by atoms with Gasteiger partial charge in [-0.1, -0.05) is 54.6 Å². The third-order valence-electron chi connectivity index (χ3n) is 6.06. The number of amides is 2. The van der Waals surface area contributed by atoms with Crippen molar-refractivity contribution in [1.29, 1.82) is 0 Å². The molecular weight excluding hydrogens is 424 g/mol. The Kier molecular flexibility index (Phi) is 6.74. The van der Waals surface area contributed by atoms with E-state index < -0.39 is 30.0 Å². The van der Waals surface area contributed by atoms with Crippen LogP contribution in [0.4, 0.5) is 4.79 Å². The van der Waals surface area contributed by atoms with Crippen LogP contribution < -0.4 is 5.32 Å². The lowest BCUT2D eigenvalue weighted by Crippen LogP contribution is -2.47. The van der Waals surface area contributed by atoms with E-state index in [0.29, 0.717) is 0 Å². The van der Waals surface area contributed by atoms with Crippen molar-refractivity contribution in [2.75, 3.05) is 26.2 Å². The largest absolute Gasteiger partial charge is 0.481 e. The van der Waals surface area contributed by atoms with Gasteiger partial charge in [-0.15, -0.1) is 0 Å². The fraction of sp³-hybridized carbons (Fsp3) is 0.320. The van der Waals surface area contributed by atoms with Gasteiger partial charge in [-0.05, 0) is 28.7 Å². The van der Waals surface area contributed by atoms with Crippen LogP contribution in [0.1, 0.15) is 23.5 Å². The summed E-state index contributed by atoms with van der Waals surface area (Å²) in [5.74, 6) is -2.26. The molecule has 1 heterocycles. The number of hydrogen-bond acceptors (Lipinski definition) is 5. The number of aliphatic carboxylic acids is 1. The number of alkyl carbamates (subject to hydrolysis) is 1. The molecule has 2 atom stereocenters.